The standard InChI is InChI=1S/C19H21NO/c1-16-13-17(2)15-19(14-16)21-12-8-7-11-20(3)18-9-5-4-6-10-18/h4-6,9-10,13-15H,11-12H2,1-3H3. The van der Waals surface area contributed by atoms with E-state index in [9.17, 15) is 0 Å². The van der Waals surface area contributed by atoms with Crippen LogP contribution in [0.3, 0.4) is 0 Å². The largest absolute Gasteiger partial charge is 0.481 e. The van der Waals surface area contributed by atoms with Gasteiger partial charge in [0.25, 0.3) is 0 Å². The normalized spacial score (nSPS) is 9.67. The summed E-state index contributed by atoms with van der Waals surface area (Å²) in [6.45, 7) is 5.26. The highest BCUT2D eigenvalue weighted by Crippen LogP contribution is 2.15. The van der Waals surface area contributed by atoms with Gasteiger partial charge < -0.3 is 9.64 Å². The zero-order valence-corrected chi connectivity index (χ0v) is 12.9. The Morgan fingerprint density at radius 1 is 0.952 bits per heavy atom. The van der Waals surface area contributed by atoms with Crippen molar-refractivity contribution in [2.24, 2.45) is 0 Å². The van der Waals surface area contributed by atoms with Gasteiger partial charge in [-0.2, -0.15) is 0 Å². The third-order valence-electron chi connectivity index (χ3n) is 3.14. The van der Waals surface area contributed by atoms with Crippen molar-refractivity contribution >= 4 is 5.69 Å². The zero-order valence-electron chi connectivity index (χ0n) is 12.9. The SMILES string of the molecule is Cc1cc(C)cc(OCC#CCN(C)c2ccccc2)c1. The number of ether oxygens (including phenoxy) is 1. The molecule has 0 aliphatic rings. The van der Waals surface area contributed by atoms with E-state index in [4.69, 9.17) is 4.74 Å². The van der Waals surface area contributed by atoms with Gasteiger partial charge >= 0.3 is 0 Å². The van der Waals surface area contributed by atoms with Crippen LogP contribution in [-0.4, -0.2) is 20.2 Å². The molecule has 0 saturated carbocycles. The van der Waals surface area contributed by atoms with E-state index in [1.54, 1.807) is 0 Å². The first-order chi connectivity index (χ1) is 10.1. The molecule has 2 nitrogen and oxygen atoms in total. The van der Waals surface area contributed by atoms with Gasteiger partial charge in [0, 0.05) is 12.7 Å². The summed E-state index contributed by atoms with van der Waals surface area (Å²) in [5, 5.41) is 0. The minimum absolute atomic E-state index is 0.422. The van der Waals surface area contributed by atoms with Crippen molar-refractivity contribution in [2.45, 2.75) is 13.8 Å². The van der Waals surface area contributed by atoms with E-state index in [1.807, 2.05) is 37.4 Å². The van der Waals surface area contributed by atoms with E-state index in [2.05, 4.69) is 48.8 Å². The van der Waals surface area contributed by atoms with Gasteiger partial charge in [0.2, 0.25) is 0 Å². The summed E-state index contributed by atoms with van der Waals surface area (Å²) < 4.78 is 5.66. The summed E-state index contributed by atoms with van der Waals surface area (Å²) in [5.74, 6) is 7.08. The minimum atomic E-state index is 0.422. The molecule has 0 spiro atoms. The molecule has 0 fully saturated rings. The summed E-state index contributed by atoms with van der Waals surface area (Å²) in [4.78, 5) is 2.11. The van der Waals surface area contributed by atoms with Gasteiger partial charge in [0.05, 0.1) is 6.54 Å². The number of para-hydroxylation sites is 1. The van der Waals surface area contributed by atoms with Gasteiger partial charge in [0.1, 0.15) is 12.4 Å². The second-order valence-corrected chi connectivity index (χ2v) is 5.16. The van der Waals surface area contributed by atoms with Crippen LogP contribution in [0.15, 0.2) is 48.5 Å². The zero-order chi connectivity index (χ0) is 15.1. The lowest BCUT2D eigenvalue weighted by atomic mass is 10.1. The van der Waals surface area contributed by atoms with Crippen LogP contribution >= 0.6 is 0 Å². The first-order valence-corrected chi connectivity index (χ1v) is 7.08. The first kappa shape index (κ1) is 15.0. The van der Waals surface area contributed by atoms with E-state index < -0.39 is 0 Å². The van der Waals surface area contributed by atoms with Gasteiger partial charge in [-0.1, -0.05) is 36.1 Å². The molecule has 21 heavy (non-hydrogen) atoms. The highest BCUT2D eigenvalue weighted by molar-refractivity contribution is 5.46. The van der Waals surface area contributed by atoms with Gasteiger partial charge in [-0.15, -0.1) is 0 Å². The van der Waals surface area contributed by atoms with Crippen molar-refractivity contribution in [3.63, 3.8) is 0 Å². The maximum absolute atomic E-state index is 5.66. The Bertz CT molecular complexity index is 617. The fourth-order valence-corrected chi connectivity index (χ4v) is 2.13. The van der Waals surface area contributed by atoms with E-state index in [0.717, 1.165) is 5.75 Å². The summed E-state index contributed by atoms with van der Waals surface area (Å²) in [7, 11) is 2.04. The molecule has 108 valence electrons. The molecule has 2 aromatic rings. The molecule has 0 bridgehead atoms. The first-order valence-electron chi connectivity index (χ1n) is 7.08. The lowest BCUT2D eigenvalue weighted by molar-refractivity contribution is 0.369. The summed E-state index contributed by atoms with van der Waals surface area (Å²) in [6, 6.07) is 16.4. The molecule has 0 saturated heterocycles. The summed E-state index contributed by atoms with van der Waals surface area (Å²) in [5.41, 5.74) is 3.59. The van der Waals surface area contributed by atoms with Crippen LogP contribution in [-0.2, 0) is 0 Å². The molecule has 0 amide bonds. The molecule has 2 heteroatoms. The number of rotatable bonds is 4. The van der Waals surface area contributed by atoms with Crippen LogP contribution in [0.2, 0.25) is 0 Å². The molecular formula is C19H21NO. The topological polar surface area (TPSA) is 12.5 Å². The summed E-state index contributed by atoms with van der Waals surface area (Å²) >= 11 is 0. The quantitative estimate of drug-likeness (QED) is 0.789. The predicted octanol–water partition coefficient (Wildman–Crippen LogP) is 3.82. The van der Waals surface area contributed by atoms with Crippen LogP contribution in [0.25, 0.3) is 0 Å². The van der Waals surface area contributed by atoms with E-state index in [1.165, 1.54) is 16.8 Å². The second kappa shape index (κ2) is 7.40. The van der Waals surface area contributed by atoms with Crippen LogP contribution in [0, 0.1) is 25.7 Å². The second-order valence-electron chi connectivity index (χ2n) is 5.16. The maximum atomic E-state index is 5.66. The average Bonchev–Trinajstić information content (AvgIpc) is 2.46. The van der Waals surface area contributed by atoms with Crippen molar-refractivity contribution in [1.82, 2.24) is 0 Å². The lowest BCUT2D eigenvalue weighted by Crippen LogP contribution is -2.16. The van der Waals surface area contributed by atoms with Crippen molar-refractivity contribution in [2.75, 3.05) is 25.1 Å². The Kier molecular flexibility index (Phi) is 5.29. The predicted molar refractivity (Wildman–Crippen MR) is 88.9 cm³/mol. The number of aryl methyl sites for hydroxylation is 2. The van der Waals surface area contributed by atoms with E-state index in [-0.39, 0.29) is 0 Å². The van der Waals surface area contributed by atoms with Gasteiger partial charge in [-0.3, -0.25) is 0 Å². The molecule has 0 atom stereocenters. The highest BCUT2D eigenvalue weighted by atomic mass is 16.5. The van der Waals surface area contributed by atoms with Crippen molar-refractivity contribution < 1.29 is 4.74 Å². The van der Waals surface area contributed by atoms with Gasteiger partial charge in [-0.25, -0.2) is 0 Å². The Balaban J connectivity index is 1.81. The fraction of sp³-hybridized carbons (Fsp3) is 0.263. The van der Waals surface area contributed by atoms with Gasteiger partial charge in [-0.05, 0) is 49.2 Å². The molecule has 2 aromatic carbocycles. The minimum Gasteiger partial charge on any atom is -0.481 e. The Morgan fingerprint density at radius 3 is 2.29 bits per heavy atom. The lowest BCUT2D eigenvalue weighted by Gasteiger charge is -2.15. The molecule has 2 rings (SSSR count). The van der Waals surface area contributed by atoms with E-state index >= 15 is 0 Å². The monoisotopic (exact) mass is 279 g/mol. The van der Waals surface area contributed by atoms with Crippen molar-refractivity contribution in [1.29, 1.82) is 0 Å². The Hall–Kier alpha value is -2.40. The number of nitrogens with zero attached hydrogens (tertiary/aromatic N) is 1. The maximum Gasteiger partial charge on any atom is 0.149 e. The molecular weight excluding hydrogens is 258 g/mol. The molecule has 0 aliphatic carbocycles. The molecule has 0 aromatic heterocycles. The third-order valence-corrected chi connectivity index (χ3v) is 3.14. The van der Waals surface area contributed by atoms with Crippen LogP contribution in [0.5, 0.6) is 5.75 Å². The summed E-state index contributed by atoms with van der Waals surface area (Å²) in [6.07, 6.45) is 0. The Morgan fingerprint density at radius 2 is 1.62 bits per heavy atom. The fourth-order valence-electron chi connectivity index (χ4n) is 2.13. The number of anilines is 1. The number of benzene rings is 2. The third kappa shape index (κ3) is 4.89. The smallest absolute Gasteiger partial charge is 0.149 e. The molecule has 0 radical (unpaired) electrons. The number of hydrogen-bond acceptors (Lipinski definition) is 2. The van der Waals surface area contributed by atoms with Crippen LogP contribution in [0.1, 0.15) is 11.1 Å². The number of hydrogen-bond donors (Lipinski definition) is 0. The van der Waals surface area contributed by atoms with Crippen molar-refractivity contribution in [3.05, 3.63) is 59.7 Å². The Labute approximate surface area is 127 Å². The molecule has 0 aliphatic heterocycles. The molecule has 0 unspecified atom stereocenters. The van der Waals surface area contributed by atoms with E-state index in [0.29, 0.717) is 13.2 Å². The molecule has 0 heterocycles. The van der Waals surface area contributed by atoms with Crippen molar-refractivity contribution in [3.8, 4) is 17.6 Å². The van der Waals surface area contributed by atoms with Gasteiger partial charge in [0.15, 0.2) is 0 Å². The highest BCUT2D eigenvalue weighted by Gasteiger charge is 1.96. The average molecular weight is 279 g/mol. The molecule has 0 N–H and O–H groups in total. The van der Waals surface area contributed by atoms with Crippen LogP contribution in [0.4, 0.5) is 5.69 Å². The van der Waals surface area contributed by atoms with Crippen LogP contribution < -0.4 is 9.64 Å².